The number of aromatic nitrogens is 2. The maximum Gasteiger partial charge on any atom is 0.159 e. The molecule has 0 spiro atoms. The van der Waals surface area contributed by atoms with Gasteiger partial charge in [-0.2, -0.15) is 5.10 Å². The minimum Gasteiger partial charge on any atom is -0.319 e. The highest BCUT2D eigenvalue weighted by Crippen LogP contribution is 2.29. The molecule has 102 valence electrons. The third-order valence-corrected chi connectivity index (χ3v) is 3.16. The quantitative estimate of drug-likeness (QED) is 0.939. The van der Waals surface area contributed by atoms with Gasteiger partial charge in [0, 0.05) is 6.04 Å². The minimum absolute atomic E-state index is 0.0684. The summed E-state index contributed by atoms with van der Waals surface area (Å²) in [6.45, 7) is 3.87. The number of benzene rings is 1. The van der Waals surface area contributed by atoms with Crippen LogP contribution in [0.25, 0.3) is 0 Å². The number of halogens is 3. The molecule has 0 aliphatic carbocycles. The zero-order valence-corrected chi connectivity index (χ0v) is 11.3. The van der Waals surface area contributed by atoms with Crippen molar-refractivity contribution in [3.63, 3.8) is 0 Å². The molecule has 1 aromatic carbocycles. The van der Waals surface area contributed by atoms with Gasteiger partial charge in [-0.25, -0.2) is 8.78 Å². The van der Waals surface area contributed by atoms with E-state index in [9.17, 15) is 8.78 Å². The first kappa shape index (κ1) is 14.0. The number of nitrogens with two attached hydrogens (primary N) is 1. The minimum atomic E-state index is -0.931. The highest BCUT2D eigenvalue weighted by molar-refractivity contribution is 6.31. The molecule has 0 aliphatic rings. The van der Waals surface area contributed by atoms with Gasteiger partial charge in [-0.3, -0.25) is 4.68 Å². The molecular formula is C13H14ClF2N3. The lowest BCUT2D eigenvalue weighted by atomic mass is 10.0. The van der Waals surface area contributed by atoms with Gasteiger partial charge in [-0.15, -0.1) is 0 Å². The van der Waals surface area contributed by atoms with Gasteiger partial charge >= 0.3 is 0 Å². The molecule has 0 amide bonds. The lowest BCUT2D eigenvalue weighted by molar-refractivity contribution is 0.493. The van der Waals surface area contributed by atoms with E-state index >= 15 is 0 Å². The average Bonchev–Trinajstić information content (AvgIpc) is 2.74. The normalized spacial score (nSPS) is 13.0. The van der Waals surface area contributed by atoms with E-state index in [0.29, 0.717) is 16.3 Å². The Morgan fingerprint density at radius 2 is 1.95 bits per heavy atom. The second-order valence-corrected chi connectivity index (χ2v) is 4.97. The Labute approximate surface area is 115 Å². The molecule has 3 nitrogen and oxygen atoms in total. The SMILES string of the molecule is CC(C)n1ncc(Cl)c1C(N)c1ccc(F)c(F)c1. The molecular weight excluding hydrogens is 272 g/mol. The van der Waals surface area contributed by atoms with Crippen LogP contribution in [0.15, 0.2) is 24.4 Å². The maximum absolute atomic E-state index is 13.3. The van der Waals surface area contributed by atoms with Gasteiger partial charge in [0.15, 0.2) is 11.6 Å². The van der Waals surface area contributed by atoms with Crippen molar-refractivity contribution in [2.75, 3.05) is 0 Å². The van der Waals surface area contributed by atoms with E-state index < -0.39 is 17.7 Å². The molecule has 2 rings (SSSR count). The van der Waals surface area contributed by atoms with Crippen molar-refractivity contribution in [1.82, 2.24) is 9.78 Å². The molecule has 0 fully saturated rings. The zero-order chi connectivity index (χ0) is 14.2. The Balaban J connectivity index is 2.46. The van der Waals surface area contributed by atoms with E-state index in [1.54, 1.807) is 4.68 Å². The number of rotatable bonds is 3. The van der Waals surface area contributed by atoms with Crippen molar-refractivity contribution < 1.29 is 8.78 Å². The molecule has 0 radical (unpaired) electrons. The van der Waals surface area contributed by atoms with Gasteiger partial charge in [0.2, 0.25) is 0 Å². The Morgan fingerprint density at radius 3 is 2.53 bits per heavy atom. The van der Waals surface area contributed by atoms with Crippen LogP contribution in [0, 0.1) is 11.6 Å². The maximum atomic E-state index is 13.3. The summed E-state index contributed by atoms with van der Waals surface area (Å²) in [5.74, 6) is -1.83. The summed E-state index contributed by atoms with van der Waals surface area (Å²) in [4.78, 5) is 0. The molecule has 0 saturated carbocycles. The summed E-state index contributed by atoms with van der Waals surface area (Å²) >= 11 is 6.07. The predicted molar refractivity (Wildman–Crippen MR) is 70.0 cm³/mol. The molecule has 0 aliphatic heterocycles. The van der Waals surface area contributed by atoms with E-state index in [0.717, 1.165) is 12.1 Å². The first-order chi connectivity index (χ1) is 8.91. The van der Waals surface area contributed by atoms with E-state index in [1.165, 1.54) is 12.3 Å². The zero-order valence-electron chi connectivity index (χ0n) is 10.6. The van der Waals surface area contributed by atoms with Gasteiger partial charge < -0.3 is 5.73 Å². The van der Waals surface area contributed by atoms with Gasteiger partial charge in [-0.05, 0) is 31.5 Å². The average molecular weight is 286 g/mol. The molecule has 0 saturated heterocycles. The topological polar surface area (TPSA) is 43.8 Å². The van der Waals surface area contributed by atoms with Gasteiger partial charge in [0.05, 0.1) is 23.0 Å². The molecule has 1 unspecified atom stereocenters. The van der Waals surface area contributed by atoms with Crippen molar-refractivity contribution in [2.24, 2.45) is 5.73 Å². The fourth-order valence-corrected chi connectivity index (χ4v) is 2.16. The van der Waals surface area contributed by atoms with Crippen molar-refractivity contribution in [1.29, 1.82) is 0 Å². The highest BCUT2D eigenvalue weighted by atomic mass is 35.5. The molecule has 0 bridgehead atoms. The van der Waals surface area contributed by atoms with Gasteiger partial charge in [0.1, 0.15) is 0 Å². The lowest BCUT2D eigenvalue weighted by Crippen LogP contribution is -2.19. The first-order valence-electron chi connectivity index (χ1n) is 5.85. The molecule has 1 atom stereocenters. The summed E-state index contributed by atoms with van der Waals surface area (Å²) in [6, 6.07) is 2.98. The molecule has 19 heavy (non-hydrogen) atoms. The third kappa shape index (κ3) is 2.62. The fraction of sp³-hybridized carbons (Fsp3) is 0.308. The smallest absolute Gasteiger partial charge is 0.159 e. The van der Waals surface area contributed by atoms with Crippen LogP contribution in [-0.4, -0.2) is 9.78 Å². The van der Waals surface area contributed by atoms with E-state index in [1.807, 2.05) is 13.8 Å². The molecule has 1 heterocycles. The Kier molecular flexibility index (Phi) is 3.87. The highest BCUT2D eigenvalue weighted by Gasteiger charge is 2.21. The van der Waals surface area contributed by atoms with Crippen LogP contribution >= 0.6 is 11.6 Å². The monoisotopic (exact) mass is 285 g/mol. The molecule has 2 aromatic rings. The van der Waals surface area contributed by atoms with Crippen molar-refractivity contribution in [2.45, 2.75) is 25.9 Å². The first-order valence-corrected chi connectivity index (χ1v) is 6.23. The van der Waals surface area contributed by atoms with Crippen molar-refractivity contribution >= 4 is 11.6 Å². The summed E-state index contributed by atoms with van der Waals surface area (Å²) in [7, 11) is 0. The van der Waals surface area contributed by atoms with Crippen LogP contribution in [0.3, 0.4) is 0 Å². The number of hydrogen-bond donors (Lipinski definition) is 1. The van der Waals surface area contributed by atoms with Crippen molar-refractivity contribution in [3.8, 4) is 0 Å². The standard InChI is InChI=1S/C13H14ClF2N3/c1-7(2)19-13(9(14)6-18-19)12(17)8-3-4-10(15)11(16)5-8/h3-7,12H,17H2,1-2H3. The number of hydrogen-bond acceptors (Lipinski definition) is 2. The molecule has 1 aromatic heterocycles. The predicted octanol–water partition coefficient (Wildman–Crippen LogP) is 3.44. The van der Waals surface area contributed by atoms with Crippen LogP contribution in [0.5, 0.6) is 0 Å². The second-order valence-electron chi connectivity index (χ2n) is 4.57. The van der Waals surface area contributed by atoms with Crippen LogP contribution in [0.1, 0.15) is 37.2 Å². The van der Waals surface area contributed by atoms with E-state index in [2.05, 4.69) is 5.10 Å². The van der Waals surface area contributed by atoms with Gasteiger partial charge in [-0.1, -0.05) is 17.7 Å². The Bertz CT molecular complexity index is 596. The van der Waals surface area contributed by atoms with Crippen LogP contribution in [0.4, 0.5) is 8.78 Å². The van der Waals surface area contributed by atoms with E-state index in [4.69, 9.17) is 17.3 Å². The summed E-state index contributed by atoms with van der Waals surface area (Å²) < 4.78 is 27.9. The second kappa shape index (κ2) is 5.27. The molecule has 2 N–H and O–H groups in total. The molecule has 6 heteroatoms. The largest absolute Gasteiger partial charge is 0.319 e. The van der Waals surface area contributed by atoms with Crippen LogP contribution < -0.4 is 5.73 Å². The summed E-state index contributed by atoms with van der Waals surface area (Å²) in [5.41, 5.74) is 7.12. The van der Waals surface area contributed by atoms with Crippen LogP contribution in [0.2, 0.25) is 5.02 Å². The van der Waals surface area contributed by atoms with Crippen LogP contribution in [-0.2, 0) is 0 Å². The van der Waals surface area contributed by atoms with Crippen molar-refractivity contribution in [3.05, 3.63) is 52.3 Å². The summed E-state index contributed by atoms with van der Waals surface area (Å²) in [6.07, 6.45) is 1.50. The Morgan fingerprint density at radius 1 is 1.26 bits per heavy atom. The Hall–Kier alpha value is -1.46. The fourth-order valence-electron chi connectivity index (χ4n) is 1.92. The number of nitrogens with zero attached hydrogens (tertiary/aromatic N) is 2. The lowest BCUT2D eigenvalue weighted by Gasteiger charge is -2.17. The van der Waals surface area contributed by atoms with Gasteiger partial charge in [0.25, 0.3) is 0 Å². The third-order valence-electron chi connectivity index (χ3n) is 2.87. The van der Waals surface area contributed by atoms with E-state index in [-0.39, 0.29) is 6.04 Å². The summed E-state index contributed by atoms with van der Waals surface area (Å²) in [5, 5.41) is 4.55.